The Kier molecular flexibility index (Phi) is 15.8. The molecule has 61 heavy (non-hydrogen) atoms. The molecule has 1 aliphatic carbocycles. The van der Waals surface area contributed by atoms with Gasteiger partial charge in [-0.15, -0.1) is 11.8 Å². The Labute approximate surface area is 372 Å². The highest BCUT2D eigenvalue weighted by Crippen LogP contribution is 2.38. The van der Waals surface area contributed by atoms with Gasteiger partial charge < -0.3 is 15.1 Å². The number of nitrogens with zero attached hydrogens (tertiary/aromatic N) is 3. The molecule has 2 N–H and O–H groups in total. The molecule has 2 aliphatic rings. The number of anilines is 2. The maximum atomic E-state index is 14.5. The minimum Gasteiger partial charge on any atom is -0.380 e. The van der Waals surface area contributed by atoms with Crippen molar-refractivity contribution in [1.29, 1.82) is 0 Å². The van der Waals surface area contributed by atoms with Crippen LogP contribution in [0, 0.1) is 0 Å². The van der Waals surface area contributed by atoms with Gasteiger partial charge in [0.15, 0.2) is 0 Å². The molecule has 328 valence electrons. The molecule has 0 aromatic heterocycles. The van der Waals surface area contributed by atoms with E-state index in [0.29, 0.717) is 24.8 Å². The van der Waals surface area contributed by atoms with Crippen molar-refractivity contribution in [3.63, 3.8) is 0 Å². The number of thioether (sulfide) groups is 1. The van der Waals surface area contributed by atoms with Crippen molar-refractivity contribution >= 4 is 77.7 Å². The highest BCUT2D eigenvalue weighted by molar-refractivity contribution is 7.99. The number of halogens is 4. The lowest BCUT2D eigenvalue weighted by Crippen LogP contribution is -2.47. The van der Waals surface area contributed by atoms with Crippen molar-refractivity contribution in [3.8, 4) is 0 Å². The van der Waals surface area contributed by atoms with Crippen LogP contribution in [0.3, 0.4) is 0 Å². The zero-order chi connectivity index (χ0) is 43.8. The van der Waals surface area contributed by atoms with Crippen molar-refractivity contribution in [2.24, 2.45) is 0 Å². The zero-order valence-corrected chi connectivity index (χ0v) is 38.1. The standard InChI is InChI=1S/C44H51Cl2F2N5O5S3/c1-51(2)24-23-36(31-59-38-10-6-4-7-11-38)49-41-22-21-39(29-42(41)60(55,56)44(46,47)48)61(57,58)50-43(54)33-15-19-37(20-16-33)53-27-25-52(26-28-53)30-34-9-5-3-8-12-40(34)32-13-17-35(45)18-14-32/h4,6-7,10-11,13-22,29,36,49H,3,5,8-9,12,23-28,30-31H2,1-2H3,(H,50,54)/t36-/m1/s1. The van der Waals surface area contributed by atoms with Crippen LogP contribution in [0.4, 0.5) is 20.2 Å². The lowest BCUT2D eigenvalue weighted by molar-refractivity contribution is 0.0981. The first-order valence-corrected chi connectivity index (χ1v) is 24.9. The van der Waals surface area contributed by atoms with Gasteiger partial charge in [-0.05, 0) is 142 Å². The fourth-order valence-electron chi connectivity index (χ4n) is 7.50. The molecule has 1 fully saturated rings. The normalized spacial score (nSPS) is 16.3. The number of benzene rings is 4. The molecule has 0 spiro atoms. The summed E-state index contributed by atoms with van der Waals surface area (Å²) >= 11 is 12.8. The highest BCUT2D eigenvalue weighted by atomic mass is 35.5. The van der Waals surface area contributed by atoms with Crippen LogP contribution in [0.15, 0.2) is 117 Å². The Morgan fingerprint density at radius 2 is 1.54 bits per heavy atom. The number of alkyl halides is 3. The molecule has 1 aliphatic heterocycles. The third kappa shape index (κ3) is 12.5. The highest BCUT2D eigenvalue weighted by Gasteiger charge is 2.46. The smallest absolute Gasteiger partial charge is 0.380 e. The lowest BCUT2D eigenvalue weighted by atomic mass is 9.95. The fraction of sp³-hybridized carbons (Fsp3) is 0.386. The lowest BCUT2D eigenvalue weighted by Gasteiger charge is -2.37. The summed E-state index contributed by atoms with van der Waals surface area (Å²) in [5, 5.41) is 3.78. The first-order valence-electron chi connectivity index (χ1n) is 20.2. The van der Waals surface area contributed by atoms with Crippen LogP contribution in [-0.2, 0) is 19.9 Å². The van der Waals surface area contributed by atoms with Crippen molar-refractivity contribution in [2.75, 3.05) is 69.3 Å². The van der Waals surface area contributed by atoms with E-state index in [-0.39, 0.29) is 11.3 Å². The predicted molar refractivity (Wildman–Crippen MR) is 243 cm³/mol. The second-order valence-corrected chi connectivity index (χ2v) is 21.4. The van der Waals surface area contributed by atoms with Gasteiger partial charge in [-0.1, -0.05) is 53.9 Å². The first kappa shape index (κ1) is 46.8. The van der Waals surface area contributed by atoms with Gasteiger partial charge in [-0.25, -0.2) is 21.6 Å². The molecule has 0 unspecified atom stereocenters. The van der Waals surface area contributed by atoms with Gasteiger partial charge in [0.25, 0.3) is 25.8 Å². The summed E-state index contributed by atoms with van der Waals surface area (Å²) in [4.78, 5) is 19.1. The van der Waals surface area contributed by atoms with E-state index in [2.05, 4.69) is 27.2 Å². The minimum absolute atomic E-state index is 0.0408. The number of carbonyl (C=O) groups is 1. The number of amides is 1. The van der Waals surface area contributed by atoms with Crippen LogP contribution >= 0.6 is 35.0 Å². The summed E-state index contributed by atoms with van der Waals surface area (Å²) in [5.74, 6) is -0.536. The molecule has 1 saturated heterocycles. The summed E-state index contributed by atoms with van der Waals surface area (Å²) in [6.07, 6.45) is 6.21. The SMILES string of the molecule is CN(C)CC[C@H](CSc1ccccc1)Nc1ccc(S(=O)(=O)NC(=O)c2ccc(N3CCN(CC4=C(c5ccc(Cl)cc5)CCCCC4)CC3)cc2)cc1S(=O)(=O)C(F)(F)Cl. The van der Waals surface area contributed by atoms with E-state index in [4.69, 9.17) is 23.2 Å². The molecular formula is C44H51Cl2F2N5O5S3. The second kappa shape index (κ2) is 20.7. The fourth-order valence-corrected chi connectivity index (χ4v) is 10.9. The van der Waals surface area contributed by atoms with Crippen LogP contribution in [-0.4, -0.2) is 102 Å². The summed E-state index contributed by atoms with van der Waals surface area (Å²) in [6, 6.07) is 26.5. The van der Waals surface area contributed by atoms with E-state index in [1.807, 2.05) is 66.2 Å². The third-order valence-electron chi connectivity index (χ3n) is 10.9. The molecule has 10 nitrogen and oxygen atoms in total. The number of sulfone groups is 1. The number of carbonyl (C=O) groups excluding carboxylic acids is 1. The second-order valence-electron chi connectivity index (χ2n) is 15.6. The molecule has 1 heterocycles. The minimum atomic E-state index is -5.60. The largest absolute Gasteiger partial charge is 0.427 e. The summed E-state index contributed by atoms with van der Waals surface area (Å²) < 4.78 is 79.5. The molecular weight excluding hydrogens is 884 g/mol. The average molecular weight is 935 g/mol. The summed E-state index contributed by atoms with van der Waals surface area (Å²) in [5.41, 5.74) is 4.82. The van der Waals surface area contributed by atoms with E-state index in [0.717, 1.165) is 73.3 Å². The van der Waals surface area contributed by atoms with Crippen molar-refractivity contribution < 1.29 is 30.4 Å². The monoisotopic (exact) mass is 933 g/mol. The van der Waals surface area contributed by atoms with Crippen molar-refractivity contribution in [2.45, 2.75) is 64.0 Å². The quantitative estimate of drug-likeness (QED) is 0.0785. The zero-order valence-electron chi connectivity index (χ0n) is 34.1. The van der Waals surface area contributed by atoms with E-state index in [1.165, 1.54) is 59.9 Å². The Morgan fingerprint density at radius 1 is 0.869 bits per heavy atom. The Bertz CT molecular complexity index is 2380. The molecule has 4 aromatic rings. The van der Waals surface area contributed by atoms with Gasteiger partial charge in [0, 0.05) is 65.7 Å². The van der Waals surface area contributed by atoms with Crippen LogP contribution < -0.4 is 14.9 Å². The van der Waals surface area contributed by atoms with Gasteiger partial charge in [0.2, 0.25) is 0 Å². The van der Waals surface area contributed by atoms with Crippen LogP contribution in [0.2, 0.25) is 5.02 Å². The van der Waals surface area contributed by atoms with Gasteiger partial charge in [0.05, 0.1) is 15.5 Å². The first-order chi connectivity index (χ1) is 29.0. The number of piperazine rings is 1. The van der Waals surface area contributed by atoms with Crippen molar-refractivity contribution in [1.82, 2.24) is 14.5 Å². The van der Waals surface area contributed by atoms with Crippen molar-refractivity contribution in [3.05, 3.63) is 119 Å². The van der Waals surface area contributed by atoms with Gasteiger partial charge in [0.1, 0.15) is 0 Å². The molecule has 0 bridgehead atoms. The maximum absolute atomic E-state index is 14.5. The Balaban J connectivity index is 1.12. The van der Waals surface area contributed by atoms with Gasteiger partial charge in [-0.3, -0.25) is 9.69 Å². The third-order valence-corrected chi connectivity index (χ3v) is 15.8. The number of nitrogens with one attached hydrogen (secondary N) is 2. The van der Waals surface area contributed by atoms with E-state index >= 15 is 0 Å². The maximum Gasteiger partial charge on any atom is 0.427 e. The number of hydrogen-bond acceptors (Lipinski definition) is 10. The number of rotatable bonds is 17. The molecule has 4 aromatic carbocycles. The van der Waals surface area contributed by atoms with E-state index in [9.17, 15) is 30.4 Å². The van der Waals surface area contributed by atoms with E-state index < -0.39 is 46.3 Å². The molecule has 17 heteroatoms. The topological polar surface area (TPSA) is 119 Å². The molecule has 0 radical (unpaired) electrons. The number of sulfonamides is 1. The summed E-state index contributed by atoms with van der Waals surface area (Å²) in [6.45, 7) is 4.73. The average Bonchev–Trinajstić information content (AvgIpc) is 3.47. The molecule has 0 saturated carbocycles. The summed E-state index contributed by atoms with van der Waals surface area (Å²) in [7, 11) is -6.60. The molecule has 1 atom stereocenters. The van der Waals surface area contributed by atoms with Gasteiger partial charge >= 0.3 is 4.71 Å². The van der Waals surface area contributed by atoms with Gasteiger partial charge in [-0.2, -0.15) is 8.78 Å². The number of allylic oxidation sites excluding steroid dienone is 1. The Morgan fingerprint density at radius 3 is 2.20 bits per heavy atom. The van der Waals surface area contributed by atoms with Crippen LogP contribution in [0.5, 0.6) is 0 Å². The molecule has 6 rings (SSSR count). The predicted octanol–water partition coefficient (Wildman–Crippen LogP) is 9.09. The van der Waals surface area contributed by atoms with Crippen LogP contribution in [0.25, 0.3) is 5.57 Å². The molecule has 1 amide bonds. The van der Waals surface area contributed by atoms with E-state index in [1.54, 1.807) is 12.1 Å². The number of hydrogen-bond donors (Lipinski definition) is 2. The van der Waals surface area contributed by atoms with Crippen LogP contribution in [0.1, 0.15) is 54.4 Å². The Hall–Kier alpha value is -3.70.